The lowest BCUT2D eigenvalue weighted by molar-refractivity contribution is -0.136. The fraction of sp³-hybridized carbons (Fsp3) is 0.286. The largest absolute Gasteiger partial charge is 0.445 e. The molecule has 0 aliphatic rings. The van der Waals surface area contributed by atoms with Crippen LogP contribution in [0, 0.1) is 0 Å². The number of rotatable bonds is 29. The molecule has 0 atom stereocenters. The number of ketones is 3. The first-order chi connectivity index (χ1) is 43.1. The quantitative estimate of drug-likeness (QED) is 0.0160. The molecular weight excluding hydrogens is 1130 g/mol. The predicted octanol–water partition coefficient (Wildman–Crippen LogP) is 13.8. The number of hydrogen-bond acceptors (Lipinski definition) is 13. The summed E-state index contributed by atoms with van der Waals surface area (Å²) in [5.74, 6) is -0.773. The number of anilines is 7. The molecule has 7 rings (SSSR count). The van der Waals surface area contributed by atoms with Crippen LogP contribution in [0.4, 0.5) is 44.6 Å². The van der Waals surface area contributed by atoms with E-state index in [1.165, 1.54) is 6.92 Å². The van der Waals surface area contributed by atoms with Crippen molar-refractivity contribution in [3.05, 3.63) is 205 Å². The Bertz CT molecular complexity index is 3310. The van der Waals surface area contributed by atoms with E-state index in [0.717, 1.165) is 90.9 Å². The van der Waals surface area contributed by atoms with Gasteiger partial charge in [-0.3, -0.25) is 38.5 Å². The predicted molar refractivity (Wildman–Crippen MR) is 353 cm³/mol. The first-order valence-corrected chi connectivity index (χ1v) is 29.7. The lowest BCUT2D eigenvalue weighted by Crippen LogP contribution is -2.23. The van der Waals surface area contributed by atoms with E-state index in [1.807, 2.05) is 115 Å². The Labute approximate surface area is 522 Å². The summed E-state index contributed by atoms with van der Waals surface area (Å²) in [6.07, 6.45) is 12.3. The Morgan fingerprint density at radius 1 is 0.416 bits per heavy atom. The van der Waals surface area contributed by atoms with E-state index in [1.54, 1.807) is 94.9 Å². The highest BCUT2D eigenvalue weighted by atomic mass is 16.5. The molecule has 1 heterocycles. The normalized spacial score (nSPS) is 10.0. The number of benzene rings is 6. The van der Waals surface area contributed by atoms with Crippen molar-refractivity contribution in [2.45, 2.75) is 117 Å². The zero-order valence-electron chi connectivity index (χ0n) is 51.5. The number of carbonyl (C=O) groups is 9. The van der Waals surface area contributed by atoms with E-state index in [4.69, 9.17) is 4.74 Å². The number of nitrogens with one attached hydrogen (secondary N) is 8. The number of Topliss-reactive ketones (excluding diaryl/α,β-unsaturated/α-hetero) is 3. The summed E-state index contributed by atoms with van der Waals surface area (Å²) in [6, 6.07) is 51.2. The molecule has 8 N–H and O–H groups in total. The molecule has 0 aliphatic heterocycles. The Morgan fingerprint density at radius 3 is 1.29 bits per heavy atom. The van der Waals surface area contributed by atoms with Gasteiger partial charge in [-0.15, -0.1) is 0 Å². The van der Waals surface area contributed by atoms with E-state index in [2.05, 4.69) is 47.5 Å². The lowest BCUT2D eigenvalue weighted by Gasteiger charge is -2.11. The van der Waals surface area contributed by atoms with Crippen LogP contribution >= 0.6 is 0 Å². The Morgan fingerprint density at radius 2 is 0.854 bits per heavy atom. The number of pyridine rings is 1. The van der Waals surface area contributed by atoms with E-state index in [0.29, 0.717) is 61.2 Å². The topological polar surface area (TPSA) is 272 Å². The van der Waals surface area contributed by atoms with Crippen LogP contribution in [-0.2, 0) is 46.7 Å². The molecule has 19 nitrogen and oxygen atoms in total. The maximum atomic E-state index is 12.4. The van der Waals surface area contributed by atoms with Crippen LogP contribution in [0.1, 0.15) is 136 Å². The molecule has 0 saturated heterocycles. The van der Waals surface area contributed by atoms with Crippen LogP contribution in [0.15, 0.2) is 182 Å². The molecule has 6 amide bonds. The summed E-state index contributed by atoms with van der Waals surface area (Å²) in [4.78, 5) is 108. The minimum atomic E-state index is -0.514. The molecule has 0 aliphatic carbocycles. The summed E-state index contributed by atoms with van der Waals surface area (Å²) >= 11 is 0. The number of hydrogen-bond donors (Lipinski definition) is 8. The fourth-order valence-corrected chi connectivity index (χ4v) is 8.31. The first kappa shape index (κ1) is 71.2. The summed E-state index contributed by atoms with van der Waals surface area (Å²) in [5.41, 5.74) is 8.16. The van der Waals surface area contributed by atoms with Crippen molar-refractivity contribution in [2.24, 2.45) is 0 Å². The highest BCUT2D eigenvalue weighted by molar-refractivity contribution is 6.37. The van der Waals surface area contributed by atoms with Gasteiger partial charge in [0.25, 0.3) is 11.8 Å². The van der Waals surface area contributed by atoms with Gasteiger partial charge in [-0.25, -0.2) is 4.79 Å². The van der Waals surface area contributed by atoms with Gasteiger partial charge in [0.15, 0.2) is 11.6 Å². The van der Waals surface area contributed by atoms with E-state index >= 15 is 0 Å². The van der Waals surface area contributed by atoms with Gasteiger partial charge in [-0.05, 0) is 129 Å². The van der Waals surface area contributed by atoms with E-state index in [-0.39, 0.29) is 53.5 Å². The van der Waals surface area contributed by atoms with Gasteiger partial charge in [0.2, 0.25) is 17.7 Å². The summed E-state index contributed by atoms with van der Waals surface area (Å²) in [7, 11) is 3.60. The van der Waals surface area contributed by atoms with Gasteiger partial charge in [0, 0.05) is 106 Å². The monoisotopic (exact) mass is 1210 g/mol. The fourth-order valence-electron chi connectivity index (χ4n) is 8.31. The molecule has 0 unspecified atom stereocenters. The zero-order chi connectivity index (χ0) is 64.4. The average Bonchev–Trinajstić information content (AvgIpc) is 2.59. The number of para-hydroxylation sites is 6. The minimum absolute atomic E-state index is 0.0124. The maximum Gasteiger partial charge on any atom is 0.407 e. The van der Waals surface area contributed by atoms with Crippen LogP contribution in [0.2, 0.25) is 0 Å². The van der Waals surface area contributed by atoms with Crippen LogP contribution < -0.4 is 42.5 Å². The Balaban J connectivity index is 0.000000258. The van der Waals surface area contributed by atoms with Crippen LogP contribution in [0.3, 0.4) is 0 Å². The second-order valence-corrected chi connectivity index (χ2v) is 20.3. The number of ether oxygens (including phenoxy) is 1. The van der Waals surface area contributed by atoms with E-state index < -0.39 is 6.09 Å². The third-order valence-electron chi connectivity index (χ3n) is 13.1. The molecule has 0 radical (unpaired) electrons. The first-order valence-electron chi connectivity index (χ1n) is 29.7. The van der Waals surface area contributed by atoms with E-state index in [9.17, 15) is 43.2 Å². The molecule has 7 aromatic rings. The minimum Gasteiger partial charge on any atom is -0.445 e. The van der Waals surface area contributed by atoms with Crippen molar-refractivity contribution in [1.82, 2.24) is 10.3 Å². The molecule has 0 fully saturated rings. The number of amides is 6. The van der Waals surface area contributed by atoms with Crippen LogP contribution in [0.5, 0.6) is 0 Å². The smallest absolute Gasteiger partial charge is 0.407 e. The molecule has 1 aromatic heterocycles. The van der Waals surface area contributed by atoms with Gasteiger partial charge < -0.3 is 52.1 Å². The molecule has 0 saturated carbocycles. The average molecular weight is 1210 g/mol. The highest BCUT2D eigenvalue weighted by Crippen LogP contribution is 2.23. The number of nitrogens with zero attached hydrogens (tertiary/aromatic N) is 1. The SMILES string of the molecule is CC(=O)CCCCCCC(=O)Nc1ccccc1.CCC(=O)C(=O)CCCCCCC(=O)Nc1ccccc1.CNc1ccccc1NC(=O)c1ccc(CNC(=O)OCc2cccnc2)cc1.CNc1ccccc1NC(=O)c1ccc(NC(C)=O)cc1. The van der Waals surface area contributed by atoms with Crippen molar-refractivity contribution in [3.8, 4) is 0 Å². The number of alkyl carbamates (subject to hydrolysis) is 1. The second kappa shape index (κ2) is 41.7. The third kappa shape index (κ3) is 30.1. The van der Waals surface area contributed by atoms with Gasteiger partial charge in [0.1, 0.15) is 12.4 Å². The van der Waals surface area contributed by atoms with Crippen molar-refractivity contribution < 1.29 is 47.9 Å². The zero-order valence-corrected chi connectivity index (χ0v) is 51.5. The molecule has 0 spiro atoms. The number of unbranched alkanes of at least 4 members (excludes halogenated alkanes) is 6. The molecule has 19 heteroatoms. The summed E-state index contributed by atoms with van der Waals surface area (Å²) < 4.78 is 5.14. The highest BCUT2D eigenvalue weighted by Gasteiger charge is 2.13. The Kier molecular flexibility index (Phi) is 33.4. The molecule has 0 bridgehead atoms. The van der Waals surface area contributed by atoms with Crippen molar-refractivity contribution in [1.29, 1.82) is 0 Å². The molecular formula is C70H83N9O10. The van der Waals surface area contributed by atoms with Crippen LogP contribution in [0.25, 0.3) is 0 Å². The van der Waals surface area contributed by atoms with Crippen molar-refractivity contribution in [3.63, 3.8) is 0 Å². The summed E-state index contributed by atoms with van der Waals surface area (Å²) in [6.45, 7) is 5.22. The standard InChI is InChI=1S/C22H22N4O3.C17H23NO3.C16H17N3O2.C15H21NO2/c1-23-19-6-2-3-7-20(19)26-21(27)18-10-8-16(9-11-18)14-25-22(28)29-15-17-5-4-12-24-13-17;1-2-15(19)16(20)12-8-3-4-9-13-17(21)18-14-10-6-5-7-11-14;1-11(20)18-13-9-7-12(8-10-13)16(21)19-15-6-4-3-5-14(15)17-2;1-13(17)9-5-2-3-8-12-15(18)16-14-10-6-4-7-11-14/h2-13,23H,14-15H2,1H3,(H,25,28)(H,26,27);5-7,10-11H,2-4,8-9,12-13H2,1H3,(H,18,21);3-10,17H,1-2H3,(H,18,20)(H,19,21);4,6-7,10-11H,2-3,5,8-9,12H2,1H3,(H,16,18). The second-order valence-electron chi connectivity index (χ2n) is 20.3. The van der Waals surface area contributed by atoms with Gasteiger partial charge in [-0.1, -0.05) is 111 Å². The van der Waals surface area contributed by atoms with Crippen molar-refractivity contribution >= 4 is 92.8 Å². The number of aromatic nitrogens is 1. The molecule has 89 heavy (non-hydrogen) atoms. The van der Waals surface area contributed by atoms with Gasteiger partial charge >= 0.3 is 6.09 Å². The molecule has 468 valence electrons. The summed E-state index contributed by atoms with van der Waals surface area (Å²) in [5, 5.41) is 22.8. The third-order valence-corrected chi connectivity index (χ3v) is 13.1. The Hall–Kier alpha value is -10.3. The molecule has 6 aromatic carbocycles. The lowest BCUT2D eigenvalue weighted by atomic mass is 10.1. The maximum absolute atomic E-state index is 12.4. The number of carbonyl (C=O) groups excluding carboxylic acids is 9. The van der Waals surface area contributed by atoms with Crippen LogP contribution in [-0.4, -0.2) is 72.1 Å². The van der Waals surface area contributed by atoms with Gasteiger partial charge in [0.05, 0.1) is 22.7 Å². The van der Waals surface area contributed by atoms with Crippen molar-refractivity contribution in [2.75, 3.05) is 51.3 Å². The van der Waals surface area contributed by atoms with Gasteiger partial charge in [-0.2, -0.15) is 0 Å².